The predicted molar refractivity (Wildman–Crippen MR) is 34.0 cm³/mol. The van der Waals surface area contributed by atoms with E-state index in [1.54, 1.807) is 0 Å². The van der Waals surface area contributed by atoms with Gasteiger partial charge in [-0.3, -0.25) is 14.8 Å². The minimum absolute atomic E-state index is 0. The fourth-order valence-electron chi connectivity index (χ4n) is 0.404. The van der Waals surface area contributed by atoms with E-state index >= 15 is 0 Å². The van der Waals surface area contributed by atoms with Gasteiger partial charge in [-0.1, -0.05) is 0 Å². The number of amides is 1. The van der Waals surface area contributed by atoms with E-state index in [1.807, 2.05) is 0 Å². The molecule has 0 heterocycles. The van der Waals surface area contributed by atoms with E-state index < -0.39 is 26.1 Å². The summed E-state index contributed by atoms with van der Waals surface area (Å²) in [5, 5.41) is 8.52. The van der Waals surface area contributed by atoms with Crippen LogP contribution < -0.4 is 34.5 Å². The zero-order valence-electron chi connectivity index (χ0n) is 6.91. The molecule has 0 spiro atoms. The van der Waals surface area contributed by atoms with Crippen LogP contribution in [0.3, 0.4) is 0 Å². The largest absolute Gasteiger partial charge is 1.00 e. The number of hydrogen-bond donors (Lipinski definition) is 2. The van der Waals surface area contributed by atoms with Crippen molar-refractivity contribution >= 4 is 19.5 Å². The van der Waals surface area contributed by atoms with Gasteiger partial charge in [0.15, 0.2) is 7.60 Å². The van der Waals surface area contributed by atoms with Crippen molar-refractivity contribution in [2.24, 2.45) is 0 Å². The van der Waals surface area contributed by atoms with Crippen molar-refractivity contribution in [2.45, 2.75) is 6.42 Å². The minimum Gasteiger partial charge on any atom is -0.773 e. The Balaban J connectivity index is 0. The smallest absolute Gasteiger partial charge is 0.773 e. The molecule has 1 amide bonds. The Morgan fingerprint density at radius 1 is 1.62 bits per heavy atom. The Morgan fingerprint density at radius 2 is 2.08 bits per heavy atom. The van der Waals surface area contributed by atoms with Gasteiger partial charge in [0.2, 0.25) is 11.9 Å². The Bertz CT molecular complexity index is 227. The number of rotatable bonds is 5. The average Bonchev–Trinajstić information content (AvgIpc) is 1.97. The first-order valence-corrected chi connectivity index (χ1v) is 4.43. The molecule has 0 aliphatic heterocycles. The summed E-state index contributed by atoms with van der Waals surface area (Å²) in [6.07, 6.45) is -0.618. The van der Waals surface area contributed by atoms with Gasteiger partial charge in [0.05, 0.1) is 6.54 Å². The molecular formula is C4H7NNaO6P. The van der Waals surface area contributed by atoms with Crippen LogP contribution in [0.25, 0.3) is 0 Å². The first kappa shape index (κ1) is 15.7. The molecule has 0 aromatic carbocycles. The van der Waals surface area contributed by atoms with Gasteiger partial charge in [-0.2, -0.15) is 0 Å². The molecule has 1 unspecified atom stereocenters. The van der Waals surface area contributed by atoms with Gasteiger partial charge in [0.25, 0.3) is 0 Å². The fraction of sp³-hybridized carbons (Fsp3) is 0.500. The molecule has 70 valence electrons. The Morgan fingerprint density at radius 3 is 2.38 bits per heavy atom. The van der Waals surface area contributed by atoms with Gasteiger partial charge in [-0.05, 0) is 0 Å². The van der Waals surface area contributed by atoms with Gasteiger partial charge >= 0.3 is 29.6 Å². The van der Waals surface area contributed by atoms with Gasteiger partial charge in [-0.15, -0.1) is 0 Å². The van der Waals surface area contributed by atoms with Crippen LogP contribution in [0.5, 0.6) is 0 Å². The van der Waals surface area contributed by atoms with Crippen molar-refractivity contribution in [3.05, 3.63) is 0 Å². The van der Waals surface area contributed by atoms with Crippen molar-refractivity contribution < 1.29 is 58.7 Å². The number of carbonyl (C=O) groups is 2. The minimum atomic E-state index is -4.97. The van der Waals surface area contributed by atoms with Crippen LogP contribution in [0.1, 0.15) is 6.42 Å². The number of carbonyl (C=O) groups excluding carboxylic acids is 2. The quantitative estimate of drug-likeness (QED) is 0.158. The third-order valence-corrected chi connectivity index (χ3v) is 1.85. The van der Waals surface area contributed by atoms with Crippen LogP contribution in [0, 0.1) is 0 Å². The topological polar surface area (TPSA) is 118 Å². The predicted octanol–water partition coefficient (Wildman–Crippen LogP) is -4.70. The second-order valence-electron chi connectivity index (χ2n) is 1.93. The first-order chi connectivity index (χ1) is 5.38. The third-order valence-electron chi connectivity index (χ3n) is 0.992. The molecule has 1 atom stereocenters. The maximum atomic E-state index is 10.4. The van der Waals surface area contributed by atoms with Gasteiger partial charge in [-0.25, -0.2) is 5.06 Å². The second kappa shape index (κ2) is 6.67. The molecule has 7 nitrogen and oxygen atoms in total. The standard InChI is InChI=1S/C4H8NO6P.Na/c6-3-5(8)2-1-4(7)12(9,10)11;/h3,8H,1-2H2,(H2,9,10,11);/q;+1/p-1. The zero-order valence-corrected chi connectivity index (χ0v) is 9.81. The van der Waals surface area contributed by atoms with E-state index in [0.717, 1.165) is 0 Å². The SMILES string of the molecule is O=CN(O)CCC(=O)P(=O)([O-])O.[Na+]. The van der Waals surface area contributed by atoms with E-state index in [9.17, 15) is 19.0 Å². The van der Waals surface area contributed by atoms with Crippen LogP contribution in [0.2, 0.25) is 0 Å². The van der Waals surface area contributed by atoms with Crippen molar-refractivity contribution in [3.8, 4) is 0 Å². The summed E-state index contributed by atoms with van der Waals surface area (Å²) in [4.78, 5) is 38.3. The van der Waals surface area contributed by atoms with E-state index in [-0.39, 0.29) is 41.0 Å². The number of nitrogens with zero attached hydrogens (tertiary/aromatic N) is 1. The molecule has 9 heteroatoms. The molecule has 0 rings (SSSR count). The molecule has 0 aromatic heterocycles. The molecule has 0 fully saturated rings. The third kappa shape index (κ3) is 7.33. The summed E-state index contributed by atoms with van der Waals surface area (Å²) < 4.78 is 10.1. The summed E-state index contributed by atoms with van der Waals surface area (Å²) in [7, 11) is -4.97. The zero-order chi connectivity index (χ0) is 9.78. The Kier molecular flexibility index (Phi) is 8.06. The van der Waals surface area contributed by atoms with Gasteiger partial charge in [0, 0.05) is 6.42 Å². The molecule has 0 aliphatic carbocycles. The normalized spacial score (nSPS) is 13.8. The van der Waals surface area contributed by atoms with Crippen LogP contribution >= 0.6 is 7.60 Å². The molecule has 0 saturated carbocycles. The molecule has 0 bridgehead atoms. The van der Waals surface area contributed by atoms with Crippen molar-refractivity contribution in [1.29, 1.82) is 0 Å². The summed E-state index contributed by atoms with van der Waals surface area (Å²) in [6.45, 7) is -0.463. The first-order valence-electron chi connectivity index (χ1n) is 2.86. The maximum Gasteiger partial charge on any atom is 1.00 e. The molecule has 0 radical (unpaired) electrons. The molecule has 0 aliphatic rings. The van der Waals surface area contributed by atoms with E-state index in [0.29, 0.717) is 0 Å². The second-order valence-corrected chi connectivity index (χ2v) is 3.47. The van der Waals surface area contributed by atoms with Gasteiger partial charge in [0.1, 0.15) is 0 Å². The van der Waals surface area contributed by atoms with E-state index in [1.165, 1.54) is 0 Å². The van der Waals surface area contributed by atoms with Crippen LogP contribution in [-0.4, -0.2) is 33.6 Å². The summed E-state index contributed by atoms with van der Waals surface area (Å²) in [6, 6.07) is 0. The van der Waals surface area contributed by atoms with Crippen molar-refractivity contribution in [1.82, 2.24) is 5.06 Å². The van der Waals surface area contributed by atoms with E-state index in [4.69, 9.17) is 10.1 Å². The molecule has 2 N–H and O–H groups in total. The number of hydrogen-bond acceptors (Lipinski definition) is 5. The molecule has 0 saturated heterocycles. The Labute approximate surface area is 96.1 Å². The Hall–Kier alpha value is 0.250. The van der Waals surface area contributed by atoms with Crippen molar-refractivity contribution in [2.75, 3.05) is 6.54 Å². The average molecular weight is 219 g/mol. The summed E-state index contributed by atoms with van der Waals surface area (Å²) in [5.41, 5.74) is -1.41. The van der Waals surface area contributed by atoms with E-state index in [2.05, 4.69) is 0 Å². The fourth-order valence-corrected chi connectivity index (χ4v) is 0.787. The summed E-state index contributed by atoms with van der Waals surface area (Å²) in [5.74, 6) is 0. The van der Waals surface area contributed by atoms with Crippen LogP contribution in [-0.2, 0) is 14.2 Å². The monoisotopic (exact) mass is 219 g/mol. The molecule has 0 aromatic rings. The number of hydroxylamine groups is 2. The van der Waals surface area contributed by atoms with Gasteiger partial charge < -0.3 is 14.4 Å². The molecule has 13 heavy (non-hydrogen) atoms. The van der Waals surface area contributed by atoms with Crippen LogP contribution in [0.4, 0.5) is 0 Å². The van der Waals surface area contributed by atoms with Crippen molar-refractivity contribution in [3.63, 3.8) is 0 Å². The summed E-state index contributed by atoms with van der Waals surface area (Å²) >= 11 is 0. The molecular weight excluding hydrogens is 212 g/mol. The maximum absolute atomic E-state index is 10.4. The van der Waals surface area contributed by atoms with Crippen LogP contribution in [0.15, 0.2) is 0 Å².